The van der Waals surface area contributed by atoms with Gasteiger partial charge >= 0.3 is 0 Å². The molecule has 0 aromatic carbocycles. The van der Waals surface area contributed by atoms with E-state index in [0.717, 1.165) is 11.5 Å². The highest BCUT2D eigenvalue weighted by molar-refractivity contribution is 5.78. The first kappa shape index (κ1) is 10.2. The normalized spacial score (nSPS) is 21.3. The van der Waals surface area contributed by atoms with Crippen molar-refractivity contribution in [3.63, 3.8) is 0 Å². The number of amides is 1. The minimum Gasteiger partial charge on any atom is -0.466 e. The molecule has 0 spiro atoms. The van der Waals surface area contributed by atoms with Gasteiger partial charge in [0.05, 0.1) is 0 Å². The van der Waals surface area contributed by atoms with Crippen molar-refractivity contribution in [2.24, 2.45) is 0 Å². The number of hydrogen-bond donors (Lipinski definition) is 1. The Labute approximate surface area is 88.5 Å². The molecule has 1 atom stereocenters. The molecule has 2 heterocycles. The molecule has 1 saturated heterocycles. The second-order valence-electron chi connectivity index (χ2n) is 3.87. The molecule has 1 amide bonds. The molecule has 1 aliphatic heterocycles. The van der Waals surface area contributed by atoms with Gasteiger partial charge in [0.2, 0.25) is 5.91 Å². The molecule has 1 fully saturated rings. The van der Waals surface area contributed by atoms with Gasteiger partial charge in [0.25, 0.3) is 0 Å². The fraction of sp³-hybridized carbons (Fsp3) is 0.545. The molecule has 0 bridgehead atoms. The predicted molar refractivity (Wildman–Crippen MR) is 54.1 cm³/mol. The van der Waals surface area contributed by atoms with Crippen LogP contribution in [0.3, 0.4) is 0 Å². The lowest BCUT2D eigenvalue weighted by Gasteiger charge is -2.19. The quantitative estimate of drug-likeness (QED) is 0.810. The molecule has 1 aromatic heterocycles. The Morgan fingerprint density at radius 1 is 1.60 bits per heavy atom. The Balaban J connectivity index is 1.90. The SMILES string of the molecule is Cc1ccc(CCN2C(=O)CCC2O)o1. The summed E-state index contributed by atoms with van der Waals surface area (Å²) in [5.74, 6) is 1.77. The number of aliphatic hydroxyl groups excluding tert-OH is 1. The zero-order valence-electron chi connectivity index (χ0n) is 8.77. The van der Waals surface area contributed by atoms with Gasteiger partial charge in [-0.05, 0) is 19.1 Å². The highest BCUT2D eigenvalue weighted by Crippen LogP contribution is 2.17. The molecule has 1 aromatic rings. The van der Waals surface area contributed by atoms with E-state index in [9.17, 15) is 9.90 Å². The third kappa shape index (κ3) is 2.21. The minimum absolute atomic E-state index is 0.0331. The summed E-state index contributed by atoms with van der Waals surface area (Å²) >= 11 is 0. The smallest absolute Gasteiger partial charge is 0.224 e. The maximum atomic E-state index is 11.3. The molecular formula is C11H15NO3. The molecule has 1 unspecified atom stereocenters. The molecule has 1 aliphatic rings. The largest absolute Gasteiger partial charge is 0.466 e. The Bertz CT molecular complexity index is 358. The number of aryl methyl sites for hydroxylation is 1. The first-order valence-electron chi connectivity index (χ1n) is 5.19. The lowest BCUT2D eigenvalue weighted by Crippen LogP contribution is -2.34. The van der Waals surface area contributed by atoms with E-state index in [2.05, 4.69) is 0 Å². The van der Waals surface area contributed by atoms with Crippen molar-refractivity contribution >= 4 is 5.91 Å². The minimum atomic E-state index is -0.603. The fourth-order valence-electron chi connectivity index (χ4n) is 1.84. The van der Waals surface area contributed by atoms with Gasteiger partial charge in [-0.1, -0.05) is 0 Å². The van der Waals surface area contributed by atoms with Crippen molar-refractivity contribution in [1.82, 2.24) is 4.90 Å². The lowest BCUT2D eigenvalue weighted by atomic mass is 10.3. The molecule has 0 saturated carbocycles. The number of furan rings is 1. The van der Waals surface area contributed by atoms with E-state index in [4.69, 9.17) is 4.42 Å². The monoisotopic (exact) mass is 209 g/mol. The van der Waals surface area contributed by atoms with Crippen LogP contribution in [0.15, 0.2) is 16.5 Å². The predicted octanol–water partition coefficient (Wildman–Crippen LogP) is 1.07. The maximum Gasteiger partial charge on any atom is 0.224 e. The number of carbonyl (C=O) groups excluding carboxylic acids is 1. The standard InChI is InChI=1S/C11H15NO3/c1-8-2-3-9(15-8)6-7-12-10(13)4-5-11(12)14/h2-3,10,13H,4-7H2,1H3. The van der Waals surface area contributed by atoms with E-state index in [1.165, 1.54) is 4.90 Å². The van der Waals surface area contributed by atoms with Gasteiger partial charge in [-0.2, -0.15) is 0 Å². The van der Waals surface area contributed by atoms with Gasteiger partial charge in [0.1, 0.15) is 17.7 Å². The third-order valence-corrected chi connectivity index (χ3v) is 2.69. The average Bonchev–Trinajstić information content (AvgIpc) is 2.73. The summed E-state index contributed by atoms with van der Waals surface area (Å²) in [7, 11) is 0. The van der Waals surface area contributed by atoms with Crippen molar-refractivity contribution in [3.05, 3.63) is 23.7 Å². The molecule has 0 aliphatic carbocycles. The van der Waals surface area contributed by atoms with Crippen LogP contribution >= 0.6 is 0 Å². The Morgan fingerprint density at radius 2 is 2.40 bits per heavy atom. The van der Waals surface area contributed by atoms with Crippen LogP contribution in [0.1, 0.15) is 24.4 Å². The van der Waals surface area contributed by atoms with Gasteiger partial charge in [-0.15, -0.1) is 0 Å². The zero-order valence-corrected chi connectivity index (χ0v) is 8.77. The second kappa shape index (κ2) is 4.06. The zero-order chi connectivity index (χ0) is 10.8. The molecular weight excluding hydrogens is 194 g/mol. The highest BCUT2D eigenvalue weighted by atomic mass is 16.3. The van der Waals surface area contributed by atoms with E-state index in [1.54, 1.807) is 0 Å². The van der Waals surface area contributed by atoms with Gasteiger partial charge in [-0.25, -0.2) is 0 Å². The number of likely N-dealkylation sites (tertiary alicyclic amines) is 1. The number of aliphatic hydroxyl groups is 1. The van der Waals surface area contributed by atoms with Gasteiger partial charge in [0.15, 0.2) is 0 Å². The van der Waals surface area contributed by atoms with Crippen LogP contribution in [0.5, 0.6) is 0 Å². The lowest BCUT2D eigenvalue weighted by molar-refractivity contribution is -0.133. The summed E-state index contributed by atoms with van der Waals surface area (Å²) in [6.45, 7) is 2.42. The van der Waals surface area contributed by atoms with E-state index in [-0.39, 0.29) is 5.91 Å². The number of nitrogens with zero attached hydrogens (tertiary/aromatic N) is 1. The van der Waals surface area contributed by atoms with Crippen molar-refractivity contribution in [1.29, 1.82) is 0 Å². The average molecular weight is 209 g/mol. The van der Waals surface area contributed by atoms with Gasteiger partial charge in [-0.3, -0.25) is 4.79 Å². The third-order valence-electron chi connectivity index (χ3n) is 2.69. The van der Waals surface area contributed by atoms with Gasteiger partial charge in [0, 0.05) is 25.8 Å². The Morgan fingerprint density at radius 3 is 2.93 bits per heavy atom. The summed E-state index contributed by atoms with van der Waals surface area (Å²) in [6, 6.07) is 3.81. The topological polar surface area (TPSA) is 53.7 Å². The van der Waals surface area contributed by atoms with Crippen LogP contribution in [0.4, 0.5) is 0 Å². The summed E-state index contributed by atoms with van der Waals surface area (Å²) in [5, 5.41) is 9.52. The van der Waals surface area contributed by atoms with Gasteiger partial charge < -0.3 is 14.4 Å². The van der Waals surface area contributed by atoms with Crippen LogP contribution in [-0.4, -0.2) is 28.7 Å². The summed E-state index contributed by atoms with van der Waals surface area (Å²) in [4.78, 5) is 12.9. The summed E-state index contributed by atoms with van der Waals surface area (Å²) in [6.07, 6.45) is 1.07. The summed E-state index contributed by atoms with van der Waals surface area (Å²) in [5.41, 5.74) is 0. The highest BCUT2D eigenvalue weighted by Gasteiger charge is 2.28. The van der Waals surface area contributed by atoms with E-state index in [0.29, 0.717) is 25.8 Å². The van der Waals surface area contributed by atoms with Crippen LogP contribution in [0.25, 0.3) is 0 Å². The second-order valence-corrected chi connectivity index (χ2v) is 3.87. The van der Waals surface area contributed by atoms with Crippen molar-refractivity contribution in [3.8, 4) is 0 Å². The molecule has 15 heavy (non-hydrogen) atoms. The number of carbonyl (C=O) groups is 1. The van der Waals surface area contributed by atoms with Crippen LogP contribution in [-0.2, 0) is 11.2 Å². The fourth-order valence-corrected chi connectivity index (χ4v) is 1.84. The molecule has 4 heteroatoms. The van der Waals surface area contributed by atoms with Crippen LogP contribution in [0, 0.1) is 6.92 Å². The molecule has 1 N–H and O–H groups in total. The first-order valence-corrected chi connectivity index (χ1v) is 5.19. The molecule has 82 valence electrons. The van der Waals surface area contributed by atoms with Crippen LogP contribution < -0.4 is 0 Å². The van der Waals surface area contributed by atoms with Crippen molar-refractivity contribution < 1.29 is 14.3 Å². The molecule has 0 radical (unpaired) electrons. The van der Waals surface area contributed by atoms with Crippen molar-refractivity contribution in [2.45, 2.75) is 32.4 Å². The Hall–Kier alpha value is -1.29. The van der Waals surface area contributed by atoms with E-state index >= 15 is 0 Å². The molecule has 4 nitrogen and oxygen atoms in total. The summed E-state index contributed by atoms with van der Waals surface area (Å²) < 4.78 is 5.39. The van der Waals surface area contributed by atoms with E-state index in [1.807, 2.05) is 19.1 Å². The Kier molecular flexibility index (Phi) is 2.77. The van der Waals surface area contributed by atoms with Crippen LogP contribution in [0.2, 0.25) is 0 Å². The number of hydrogen-bond acceptors (Lipinski definition) is 3. The number of rotatable bonds is 3. The van der Waals surface area contributed by atoms with E-state index < -0.39 is 6.23 Å². The first-order chi connectivity index (χ1) is 7.16. The molecule has 2 rings (SSSR count). The maximum absolute atomic E-state index is 11.3. The van der Waals surface area contributed by atoms with Crippen molar-refractivity contribution in [2.75, 3.05) is 6.54 Å².